The van der Waals surface area contributed by atoms with Crippen LogP contribution >= 0.6 is 42.7 Å². The molecular weight excluding hydrogens is 678 g/mol. The Labute approximate surface area is 292 Å². The minimum Gasteiger partial charge on any atom is -0.457 e. The molecule has 2 unspecified atom stereocenters. The lowest BCUT2D eigenvalue weighted by atomic mass is 10.1. The average molecular weight is 720 g/mol. The van der Waals surface area contributed by atoms with Crippen molar-refractivity contribution in [2.45, 2.75) is 58.6 Å². The Morgan fingerprint density at radius 3 is 2.32 bits per heavy atom. The first kappa shape index (κ1) is 38.5. The van der Waals surface area contributed by atoms with Crippen LogP contribution in [0.3, 0.4) is 0 Å². The van der Waals surface area contributed by atoms with Gasteiger partial charge < -0.3 is 14.0 Å². The maximum atomic E-state index is 12.6. The average Bonchev–Trinajstić information content (AvgIpc) is 3.54. The summed E-state index contributed by atoms with van der Waals surface area (Å²) in [4.78, 5) is 13.8. The summed E-state index contributed by atoms with van der Waals surface area (Å²) in [7, 11) is -3.30. The van der Waals surface area contributed by atoms with Crippen molar-refractivity contribution in [1.29, 1.82) is 5.26 Å². The molecule has 4 atom stereocenters. The summed E-state index contributed by atoms with van der Waals surface area (Å²) in [6.07, 6.45) is 2.64. The monoisotopic (exact) mass is 718 g/mol. The Bertz CT molecular complexity index is 1630. The van der Waals surface area contributed by atoms with Gasteiger partial charge in [0.15, 0.2) is 0 Å². The third-order valence-electron chi connectivity index (χ3n) is 7.27. The number of hydrogen-bond donors (Lipinski definition) is 1. The van der Waals surface area contributed by atoms with E-state index in [9.17, 15) is 14.6 Å². The molecule has 47 heavy (non-hydrogen) atoms. The highest BCUT2D eigenvalue weighted by Crippen LogP contribution is 2.60. The van der Waals surface area contributed by atoms with Crippen LogP contribution in [0.5, 0.6) is 17.2 Å². The van der Waals surface area contributed by atoms with Gasteiger partial charge in [-0.3, -0.25) is 9.32 Å². The summed E-state index contributed by atoms with van der Waals surface area (Å²) in [6.45, 7) is 11.8. The van der Waals surface area contributed by atoms with Crippen molar-refractivity contribution in [1.82, 2.24) is 5.09 Å². The van der Waals surface area contributed by atoms with Gasteiger partial charge in [-0.25, -0.2) is 9.65 Å². The number of aryl methyl sites for hydroxylation is 1. The highest BCUT2D eigenvalue weighted by Gasteiger charge is 2.62. The first-order valence-electron chi connectivity index (χ1n) is 15.0. The van der Waals surface area contributed by atoms with E-state index in [2.05, 4.69) is 5.09 Å². The van der Waals surface area contributed by atoms with Crippen LogP contribution in [0.2, 0.25) is 0 Å². The van der Waals surface area contributed by atoms with Gasteiger partial charge in [0.2, 0.25) is 6.10 Å². The van der Waals surface area contributed by atoms with E-state index in [4.69, 9.17) is 41.7 Å². The van der Waals surface area contributed by atoms with E-state index in [1.165, 1.54) is 4.90 Å². The molecule has 1 N–H and O–H groups in total. The van der Waals surface area contributed by atoms with Crippen LogP contribution in [-0.2, 0) is 18.6 Å². The van der Waals surface area contributed by atoms with Crippen LogP contribution in [0, 0.1) is 35.5 Å². The third kappa shape index (κ3) is 11.3. The van der Waals surface area contributed by atoms with Gasteiger partial charge in [0.25, 0.3) is 0 Å². The largest absolute Gasteiger partial charge is 0.458 e. The fraction of sp³-hybridized carbons (Fsp3) is 0.371. The molecular formula is C35H41Cl2N2O6PS. The molecule has 0 aromatic heterocycles. The maximum Gasteiger partial charge on any atom is 0.458 e. The number of halogens is 2. The summed E-state index contributed by atoms with van der Waals surface area (Å²) in [5.74, 6) is 0.845. The van der Waals surface area contributed by atoms with E-state index in [-0.39, 0.29) is 27.8 Å². The number of nitriles is 1. The molecule has 1 fully saturated rings. The van der Waals surface area contributed by atoms with E-state index in [0.717, 1.165) is 5.56 Å². The number of ether oxygens (including phenoxy) is 2. The number of rotatable bonds is 13. The molecule has 0 aliphatic heterocycles. The number of esters is 1. The Hall–Kier alpha value is -2.96. The number of allylic oxidation sites excluding steroid dienone is 1. The summed E-state index contributed by atoms with van der Waals surface area (Å²) in [5, 5.41) is 12.4. The first-order valence-corrected chi connectivity index (χ1v) is 18.6. The lowest BCUT2D eigenvalue weighted by molar-refractivity contribution is -0.149. The van der Waals surface area contributed by atoms with Gasteiger partial charge in [-0.05, 0) is 99.4 Å². The number of nitrogens with one attached hydrogen (secondary N) is 1. The molecule has 8 nitrogen and oxygen atoms in total. The number of carbonyl (C=O) groups is 1. The van der Waals surface area contributed by atoms with E-state index in [0.29, 0.717) is 29.4 Å². The molecule has 0 bridgehead atoms. The van der Waals surface area contributed by atoms with Crippen LogP contribution in [-0.4, -0.2) is 24.9 Å². The molecule has 0 spiro atoms. The van der Waals surface area contributed by atoms with Gasteiger partial charge >= 0.3 is 13.7 Å². The molecule has 0 saturated heterocycles. The number of benzene rings is 3. The second-order valence-corrected chi connectivity index (χ2v) is 15.2. The van der Waals surface area contributed by atoms with Crippen LogP contribution in [0.15, 0.2) is 88.3 Å². The van der Waals surface area contributed by atoms with Crippen LogP contribution in [0.25, 0.3) is 0 Å². The number of carbonyl (C=O) groups excluding carboxylic acids is 1. The Balaban J connectivity index is 0.000000277. The van der Waals surface area contributed by atoms with E-state index < -0.39 is 19.8 Å². The van der Waals surface area contributed by atoms with Gasteiger partial charge in [0.05, 0.1) is 12.5 Å². The highest BCUT2D eigenvalue weighted by atomic mass is 35.5. The minimum absolute atomic E-state index is 0.0175. The van der Waals surface area contributed by atoms with Gasteiger partial charge in [-0.1, -0.05) is 67.4 Å². The van der Waals surface area contributed by atoms with Gasteiger partial charge in [-0.15, -0.1) is 11.8 Å². The van der Waals surface area contributed by atoms with Crippen molar-refractivity contribution in [3.8, 4) is 23.3 Å². The quantitative estimate of drug-likeness (QED) is 0.105. The maximum absolute atomic E-state index is 12.6. The van der Waals surface area contributed by atoms with Crippen LogP contribution in [0.1, 0.15) is 51.8 Å². The van der Waals surface area contributed by atoms with Crippen molar-refractivity contribution >= 4 is 48.7 Å². The topological polar surface area (TPSA) is 107 Å². The van der Waals surface area contributed by atoms with Gasteiger partial charge in [0, 0.05) is 16.5 Å². The van der Waals surface area contributed by atoms with E-state index in [1.54, 1.807) is 49.0 Å². The predicted octanol–water partition coefficient (Wildman–Crippen LogP) is 10.4. The summed E-state index contributed by atoms with van der Waals surface area (Å²) >= 11 is 13.1. The zero-order valence-corrected chi connectivity index (χ0v) is 30.8. The second kappa shape index (κ2) is 17.4. The molecule has 1 aliphatic rings. The fourth-order valence-corrected chi connectivity index (χ4v) is 7.32. The zero-order chi connectivity index (χ0) is 34.8. The minimum atomic E-state index is -3.30. The molecule has 3 aromatic rings. The molecule has 4 rings (SSSR count). The number of hydrogen-bond acceptors (Lipinski definition) is 8. The van der Waals surface area contributed by atoms with E-state index in [1.807, 2.05) is 95.5 Å². The molecule has 3 aromatic carbocycles. The number of nitrogens with zero attached hydrogens (tertiary/aromatic N) is 1. The van der Waals surface area contributed by atoms with Crippen molar-refractivity contribution in [2.75, 3.05) is 12.9 Å². The summed E-state index contributed by atoms with van der Waals surface area (Å²) < 4.78 is 34.7. The van der Waals surface area contributed by atoms with Gasteiger partial charge in [-0.2, -0.15) is 5.26 Å². The molecule has 12 heteroatoms. The zero-order valence-electron chi connectivity index (χ0n) is 27.5. The highest BCUT2D eigenvalue weighted by molar-refractivity contribution is 7.98. The molecule has 0 heterocycles. The molecule has 1 saturated carbocycles. The van der Waals surface area contributed by atoms with Crippen molar-refractivity contribution in [2.24, 2.45) is 17.3 Å². The van der Waals surface area contributed by atoms with Crippen LogP contribution in [0.4, 0.5) is 0 Å². The summed E-state index contributed by atoms with van der Waals surface area (Å²) in [6, 6.07) is 24.0. The third-order valence-corrected chi connectivity index (χ3v) is 10.3. The number of thioether (sulfide) groups is 1. The predicted molar refractivity (Wildman–Crippen MR) is 189 cm³/mol. The Morgan fingerprint density at radius 1 is 1.06 bits per heavy atom. The Morgan fingerprint density at radius 2 is 1.74 bits per heavy atom. The first-order chi connectivity index (χ1) is 22.2. The van der Waals surface area contributed by atoms with E-state index >= 15 is 0 Å². The SMILES string of the molecule is CC1(C)[C@H](C=C(Cl)Cl)[C@H]1C(=O)OC(C#N)c1cccc(Oc2ccccc2)c1.CCOP(=O)(NC(C)C)Oc1ccc(SC)c(C)c1. The number of para-hydroxylation sites is 1. The Kier molecular flexibility index (Phi) is 14.3. The fourth-order valence-electron chi connectivity index (χ4n) is 4.92. The smallest absolute Gasteiger partial charge is 0.457 e. The van der Waals surface area contributed by atoms with Crippen molar-refractivity contribution < 1.29 is 27.9 Å². The lowest BCUT2D eigenvalue weighted by Gasteiger charge is -2.21. The molecule has 0 radical (unpaired) electrons. The molecule has 252 valence electrons. The standard InChI is InChI=1S/C22H19Cl2NO3.C13H22NO3PS/c1-22(2)17(12-19(23)24)20(22)21(26)28-18(13-25)14-7-6-10-16(11-14)27-15-8-4-3-5-9-15;1-6-16-18(15,14-10(2)3)17-12-7-8-13(19-5)11(4)9-12/h3-12,17-18,20H,1-2H3;7-10H,6H2,1-5H3,(H,14,15)/t17-,18?,20+;/m1./s1. The molecule has 0 amide bonds. The van der Waals surface area contributed by atoms with Crippen molar-refractivity contribution in [3.63, 3.8) is 0 Å². The summed E-state index contributed by atoms with van der Waals surface area (Å²) in [5.41, 5.74) is 1.33. The van der Waals surface area contributed by atoms with Crippen LogP contribution < -0.4 is 14.3 Å². The van der Waals surface area contributed by atoms with Gasteiger partial charge in [0.1, 0.15) is 27.8 Å². The lowest BCUT2D eigenvalue weighted by Crippen LogP contribution is -2.23. The molecule has 1 aliphatic carbocycles. The second-order valence-electron chi connectivity index (χ2n) is 11.6. The van der Waals surface area contributed by atoms with Crippen molar-refractivity contribution in [3.05, 3.63) is 94.5 Å². The normalized spacial score (nSPS) is 18.0.